The van der Waals surface area contributed by atoms with Gasteiger partial charge in [-0.3, -0.25) is 9.67 Å². The van der Waals surface area contributed by atoms with Gasteiger partial charge < -0.3 is 10.4 Å². The van der Waals surface area contributed by atoms with Crippen LogP contribution < -0.4 is 10.5 Å². The summed E-state index contributed by atoms with van der Waals surface area (Å²) in [6.45, 7) is 2.58. The highest BCUT2D eigenvalue weighted by molar-refractivity contribution is 7.91. The highest BCUT2D eigenvalue weighted by Crippen LogP contribution is 2.53. The summed E-state index contributed by atoms with van der Waals surface area (Å²) >= 11 is 0. The fourth-order valence-corrected chi connectivity index (χ4v) is 5.20. The fourth-order valence-electron chi connectivity index (χ4n) is 4.27. The fraction of sp³-hybridized carbons (Fsp3) is 0.600. The normalized spacial score (nSPS) is 21.5. The van der Waals surface area contributed by atoms with E-state index in [1.54, 1.807) is 16.9 Å². The molecule has 0 radical (unpaired) electrons. The summed E-state index contributed by atoms with van der Waals surface area (Å²) < 4.78 is 18.5. The molecule has 2 saturated carbocycles. The predicted octanol–water partition coefficient (Wildman–Crippen LogP) is 2.63. The zero-order valence-corrected chi connectivity index (χ0v) is 17.5. The summed E-state index contributed by atoms with van der Waals surface area (Å²) in [7, 11) is -3.30. The summed E-state index contributed by atoms with van der Waals surface area (Å²) in [6, 6.07) is 1.59. The molecule has 29 heavy (non-hydrogen) atoms. The molecule has 0 saturated heterocycles. The monoisotopic (exact) mass is 416 g/mol. The number of aliphatic hydroxyl groups is 1. The van der Waals surface area contributed by atoms with Crippen LogP contribution in [0.3, 0.4) is 0 Å². The largest absolute Gasteiger partial charge is 0.355 e. The minimum Gasteiger partial charge on any atom is -0.355 e. The second-order valence-corrected chi connectivity index (χ2v) is 10.1. The van der Waals surface area contributed by atoms with Gasteiger partial charge in [0.25, 0.3) is 0 Å². The Morgan fingerprint density at radius 2 is 2.10 bits per heavy atom. The number of nitrogens with one attached hydrogen (secondary N) is 1. The molecule has 0 aliphatic heterocycles. The Hall–Kier alpha value is -1.97. The molecule has 0 aromatic carbocycles. The summed E-state index contributed by atoms with van der Waals surface area (Å²) in [6.07, 6.45) is 8.03. The summed E-state index contributed by atoms with van der Waals surface area (Å²) in [4.78, 5) is 5.03. The van der Waals surface area contributed by atoms with Crippen molar-refractivity contribution in [1.29, 1.82) is 0 Å². The third-order valence-corrected chi connectivity index (χ3v) is 7.34. The van der Waals surface area contributed by atoms with Crippen LogP contribution in [0.25, 0.3) is 0 Å². The first kappa shape index (κ1) is 19.0. The molecule has 0 amide bonds. The van der Waals surface area contributed by atoms with Crippen LogP contribution in [0.4, 0.5) is 5.69 Å². The molecule has 3 aliphatic carbocycles. The van der Waals surface area contributed by atoms with Gasteiger partial charge in [0.2, 0.25) is 6.35 Å². The van der Waals surface area contributed by atoms with Gasteiger partial charge in [-0.15, -0.1) is 0 Å². The molecule has 2 unspecified atom stereocenters. The van der Waals surface area contributed by atoms with Crippen molar-refractivity contribution in [2.75, 3.05) is 5.32 Å². The lowest BCUT2D eigenvalue weighted by Crippen LogP contribution is -2.24. The summed E-state index contributed by atoms with van der Waals surface area (Å²) in [5.41, 5.74) is 5.74. The maximum Gasteiger partial charge on any atom is 0.233 e. The average molecular weight is 417 g/mol. The Morgan fingerprint density at radius 1 is 1.34 bits per heavy atom. The van der Waals surface area contributed by atoms with E-state index >= 15 is 0 Å². The van der Waals surface area contributed by atoms with Gasteiger partial charge >= 0.3 is 0 Å². The van der Waals surface area contributed by atoms with Crippen molar-refractivity contribution in [2.45, 2.75) is 81.6 Å². The van der Waals surface area contributed by atoms with Crippen molar-refractivity contribution in [2.24, 2.45) is 9.50 Å². The molecule has 2 fully saturated rings. The number of aromatic nitrogens is 3. The van der Waals surface area contributed by atoms with E-state index in [1.807, 2.05) is 6.92 Å². The SMILES string of the molecule is CCn1ccc(S(N)(=O)=NC(O)Nc2c3c(nc(C4CC4)c2C2CC2)CCC3)n1. The van der Waals surface area contributed by atoms with E-state index in [9.17, 15) is 9.32 Å². The molecule has 3 aliphatic rings. The molecule has 2 heterocycles. The van der Waals surface area contributed by atoms with Crippen LogP contribution >= 0.6 is 0 Å². The van der Waals surface area contributed by atoms with E-state index < -0.39 is 16.3 Å². The molecular weight excluding hydrogens is 388 g/mol. The maximum atomic E-state index is 12.9. The lowest BCUT2D eigenvalue weighted by molar-refractivity contribution is 0.215. The van der Waals surface area contributed by atoms with E-state index in [-0.39, 0.29) is 5.03 Å². The van der Waals surface area contributed by atoms with Gasteiger partial charge in [0.15, 0.2) is 14.9 Å². The van der Waals surface area contributed by atoms with Crippen molar-refractivity contribution < 1.29 is 9.32 Å². The second-order valence-electron chi connectivity index (χ2n) is 8.31. The van der Waals surface area contributed by atoms with Crippen LogP contribution in [0.15, 0.2) is 21.7 Å². The Balaban J connectivity index is 1.50. The van der Waals surface area contributed by atoms with Gasteiger partial charge in [0, 0.05) is 41.3 Å². The standard InChI is InChI=1S/C20H28N6O2S/c1-2-26-11-10-16(24-26)29(21,28)25-20(27)23-19-14-4-3-5-15(14)22-18(13-8-9-13)17(19)12-6-7-12/h10-13,20,27H,2-9H2,1H3,(H,22,23)(H2,21,25,28). The molecule has 2 atom stereocenters. The molecule has 5 rings (SSSR count). The maximum absolute atomic E-state index is 12.9. The van der Waals surface area contributed by atoms with Gasteiger partial charge in [-0.1, -0.05) is 0 Å². The number of aliphatic hydroxyl groups excluding tert-OH is 1. The quantitative estimate of drug-likeness (QED) is 0.600. The second kappa shape index (κ2) is 7.07. The molecule has 0 spiro atoms. The Kier molecular flexibility index (Phi) is 4.64. The van der Waals surface area contributed by atoms with E-state index in [0.29, 0.717) is 18.4 Å². The van der Waals surface area contributed by atoms with Crippen molar-refractivity contribution in [3.63, 3.8) is 0 Å². The van der Waals surface area contributed by atoms with Crippen LogP contribution in [0.2, 0.25) is 0 Å². The molecule has 4 N–H and O–H groups in total. The Morgan fingerprint density at radius 3 is 2.76 bits per heavy atom. The number of anilines is 1. The first-order chi connectivity index (χ1) is 14.0. The van der Waals surface area contributed by atoms with Crippen molar-refractivity contribution in [3.8, 4) is 0 Å². The number of hydrogen-bond acceptors (Lipinski definition) is 6. The molecule has 2 aromatic rings. The lowest BCUT2D eigenvalue weighted by Gasteiger charge is -2.21. The van der Waals surface area contributed by atoms with Gasteiger partial charge in [-0.25, -0.2) is 9.35 Å². The zero-order valence-electron chi connectivity index (χ0n) is 16.7. The third-order valence-electron chi connectivity index (χ3n) is 6.01. The number of hydrogen-bond donors (Lipinski definition) is 3. The minimum atomic E-state index is -3.30. The minimum absolute atomic E-state index is 0.182. The molecule has 9 heteroatoms. The van der Waals surface area contributed by atoms with Gasteiger partial charge in [-0.05, 0) is 69.4 Å². The van der Waals surface area contributed by atoms with Crippen LogP contribution in [-0.4, -0.2) is 30.4 Å². The third kappa shape index (κ3) is 3.67. The molecule has 156 valence electrons. The number of nitrogens with zero attached hydrogens (tertiary/aromatic N) is 4. The van der Waals surface area contributed by atoms with E-state index in [2.05, 4.69) is 14.8 Å². The number of pyridine rings is 1. The molecule has 2 aromatic heterocycles. The smallest absolute Gasteiger partial charge is 0.233 e. The van der Waals surface area contributed by atoms with Gasteiger partial charge in [-0.2, -0.15) is 9.46 Å². The van der Waals surface area contributed by atoms with Crippen molar-refractivity contribution >= 4 is 15.6 Å². The number of aryl methyl sites for hydroxylation is 2. The van der Waals surface area contributed by atoms with E-state index in [0.717, 1.165) is 43.5 Å². The van der Waals surface area contributed by atoms with E-state index in [4.69, 9.17) is 10.1 Å². The van der Waals surface area contributed by atoms with Crippen molar-refractivity contribution in [3.05, 3.63) is 34.8 Å². The number of nitrogens with two attached hydrogens (primary N) is 1. The average Bonchev–Trinajstić information content (AvgIpc) is 3.60. The van der Waals surface area contributed by atoms with Crippen molar-refractivity contribution in [1.82, 2.24) is 14.8 Å². The zero-order chi connectivity index (χ0) is 20.2. The van der Waals surface area contributed by atoms with Crippen LogP contribution in [0.1, 0.15) is 73.4 Å². The topological polar surface area (TPSA) is 118 Å². The van der Waals surface area contributed by atoms with E-state index in [1.165, 1.54) is 29.7 Å². The molecule has 8 nitrogen and oxygen atoms in total. The van der Waals surface area contributed by atoms with Crippen LogP contribution in [0.5, 0.6) is 0 Å². The number of fused-ring (bicyclic) bond motifs is 1. The first-order valence-corrected chi connectivity index (χ1v) is 12.1. The van der Waals surface area contributed by atoms with Crippen LogP contribution in [0, 0.1) is 0 Å². The highest BCUT2D eigenvalue weighted by Gasteiger charge is 2.38. The van der Waals surface area contributed by atoms with Gasteiger partial charge in [0.05, 0.1) is 0 Å². The Bertz CT molecular complexity index is 1060. The Labute approximate surface area is 171 Å². The molecular formula is C20H28N6O2S. The first-order valence-electron chi connectivity index (χ1n) is 10.5. The summed E-state index contributed by atoms with van der Waals surface area (Å²) in [5.74, 6) is 1.05. The van der Waals surface area contributed by atoms with Gasteiger partial charge in [0.1, 0.15) is 0 Å². The predicted molar refractivity (Wildman–Crippen MR) is 111 cm³/mol. The lowest BCUT2D eigenvalue weighted by atomic mass is 9.98. The van der Waals surface area contributed by atoms with Crippen LogP contribution in [-0.2, 0) is 29.3 Å². The summed E-state index contributed by atoms with van der Waals surface area (Å²) in [5, 5.41) is 24.2. The number of rotatable bonds is 7. The molecule has 0 bridgehead atoms. The highest BCUT2D eigenvalue weighted by atomic mass is 32.2.